The van der Waals surface area contributed by atoms with Crippen LogP contribution in [0.15, 0.2) is 22.9 Å². The average molecular weight is 379 g/mol. The quantitative estimate of drug-likeness (QED) is 0.736. The van der Waals surface area contributed by atoms with Gasteiger partial charge in [0.1, 0.15) is 5.01 Å². The number of aromatic nitrogens is 1. The van der Waals surface area contributed by atoms with E-state index in [0.29, 0.717) is 0 Å². The molecule has 1 aliphatic carbocycles. The number of carbonyl (C=O) groups is 2. The first-order valence-electron chi connectivity index (χ1n) is 8.46. The highest BCUT2D eigenvalue weighted by Crippen LogP contribution is 2.28. The molecular weight excluding hydrogens is 356 g/mol. The smallest absolute Gasteiger partial charge is 0.358 e. The van der Waals surface area contributed by atoms with Gasteiger partial charge in [-0.3, -0.25) is 4.79 Å². The first-order valence-corrected chi connectivity index (χ1v) is 10.2. The number of amides is 1. The number of rotatable bonds is 5. The van der Waals surface area contributed by atoms with E-state index in [0.717, 1.165) is 41.5 Å². The van der Waals surface area contributed by atoms with Gasteiger partial charge in [0.05, 0.1) is 4.88 Å². The van der Waals surface area contributed by atoms with E-state index in [9.17, 15) is 9.59 Å². The van der Waals surface area contributed by atoms with E-state index in [-0.39, 0.29) is 24.2 Å². The van der Waals surface area contributed by atoms with Crippen LogP contribution in [0, 0.1) is 5.92 Å². The van der Waals surface area contributed by atoms with Gasteiger partial charge in [-0.2, -0.15) is 0 Å². The summed E-state index contributed by atoms with van der Waals surface area (Å²) in [7, 11) is 1.80. The molecule has 0 spiro atoms. The Balaban J connectivity index is 1.51. The van der Waals surface area contributed by atoms with Crippen molar-refractivity contribution in [1.82, 2.24) is 9.88 Å². The summed E-state index contributed by atoms with van der Waals surface area (Å²) in [5, 5.41) is 4.44. The lowest BCUT2D eigenvalue weighted by Gasteiger charge is -2.33. The molecule has 1 saturated carbocycles. The molecule has 0 aromatic carbocycles. The fourth-order valence-corrected chi connectivity index (χ4v) is 4.62. The molecule has 2 aromatic heterocycles. The van der Waals surface area contributed by atoms with Gasteiger partial charge in [0.2, 0.25) is 0 Å². The minimum absolute atomic E-state index is 0.151. The number of thiophene rings is 1. The minimum atomic E-state index is -0.543. The Morgan fingerprint density at radius 3 is 2.72 bits per heavy atom. The molecule has 0 atom stereocenters. The first-order chi connectivity index (χ1) is 12.0. The Labute approximate surface area is 155 Å². The summed E-state index contributed by atoms with van der Waals surface area (Å²) in [6.07, 6.45) is 4.33. The zero-order chi connectivity index (χ0) is 17.8. The Morgan fingerprint density at radius 2 is 2.04 bits per heavy atom. The lowest BCUT2D eigenvalue weighted by molar-refractivity contribution is -0.136. The zero-order valence-corrected chi connectivity index (χ0v) is 16.1. The Kier molecular flexibility index (Phi) is 5.86. The lowest BCUT2D eigenvalue weighted by Crippen LogP contribution is -2.41. The van der Waals surface area contributed by atoms with Crippen LogP contribution in [0.3, 0.4) is 0 Å². The fraction of sp³-hybridized carbons (Fsp3) is 0.500. The maximum atomic E-state index is 12.3. The molecule has 0 radical (unpaired) electrons. The fourth-order valence-electron chi connectivity index (χ4n) is 3.02. The van der Waals surface area contributed by atoms with Gasteiger partial charge in [-0.1, -0.05) is 13.0 Å². The van der Waals surface area contributed by atoms with Gasteiger partial charge in [0.15, 0.2) is 12.3 Å². The number of hydrogen-bond acceptors (Lipinski definition) is 6. The molecule has 2 aromatic rings. The molecule has 25 heavy (non-hydrogen) atoms. The van der Waals surface area contributed by atoms with E-state index < -0.39 is 5.97 Å². The highest BCUT2D eigenvalue weighted by atomic mass is 32.1. The van der Waals surface area contributed by atoms with Crippen LogP contribution in [0.4, 0.5) is 0 Å². The second-order valence-electron chi connectivity index (χ2n) is 6.51. The van der Waals surface area contributed by atoms with Crippen molar-refractivity contribution in [2.45, 2.75) is 38.6 Å². The summed E-state index contributed by atoms with van der Waals surface area (Å²) >= 11 is 2.98. The molecule has 134 valence electrons. The largest absolute Gasteiger partial charge is 0.451 e. The molecule has 0 N–H and O–H groups in total. The number of likely N-dealkylation sites (N-methyl/N-ethyl adjacent to an activating group) is 1. The maximum absolute atomic E-state index is 12.3. The molecule has 2 heterocycles. The SMILES string of the molecule is CC1CCC(N(C)C(=O)COC(=O)c2csc(-c3cccs3)n2)CC1. The van der Waals surface area contributed by atoms with Gasteiger partial charge >= 0.3 is 5.97 Å². The van der Waals surface area contributed by atoms with Gasteiger partial charge < -0.3 is 9.64 Å². The Bertz CT molecular complexity index is 719. The van der Waals surface area contributed by atoms with Crippen molar-refractivity contribution in [2.24, 2.45) is 5.92 Å². The van der Waals surface area contributed by atoms with Crippen molar-refractivity contribution in [3.8, 4) is 9.88 Å². The molecule has 1 fully saturated rings. The summed E-state index contributed by atoms with van der Waals surface area (Å²) in [5.74, 6) is 0.0412. The van der Waals surface area contributed by atoms with Gasteiger partial charge in [0, 0.05) is 18.5 Å². The maximum Gasteiger partial charge on any atom is 0.358 e. The summed E-state index contributed by atoms with van der Waals surface area (Å²) in [6.45, 7) is 2.02. The van der Waals surface area contributed by atoms with Gasteiger partial charge in [-0.05, 0) is 43.0 Å². The zero-order valence-electron chi connectivity index (χ0n) is 14.4. The predicted molar refractivity (Wildman–Crippen MR) is 99.9 cm³/mol. The number of ether oxygens (including phenoxy) is 1. The van der Waals surface area contributed by atoms with Crippen LogP contribution in [0.2, 0.25) is 0 Å². The minimum Gasteiger partial charge on any atom is -0.451 e. The van der Waals surface area contributed by atoms with Crippen LogP contribution >= 0.6 is 22.7 Å². The van der Waals surface area contributed by atoms with Crippen LogP contribution in [0.25, 0.3) is 9.88 Å². The van der Waals surface area contributed by atoms with Crippen molar-refractivity contribution in [3.63, 3.8) is 0 Å². The Morgan fingerprint density at radius 1 is 1.28 bits per heavy atom. The number of carbonyl (C=O) groups excluding carboxylic acids is 2. The van der Waals surface area contributed by atoms with Crippen LogP contribution < -0.4 is 0 Å². The van der Waals surface area contributed by atoms with Crippen molar-refractivity contribution in [2.75, 3.05) is 13.7 Å². The van der Waals surface area contributed by atoms with Crippen LogP contribution in [0.5, 0.6) is 0 Å². The molecular formula is C18H22N2O3S2. The highest BCUT2D eigenvalue weighted by molar-refractivity contribution is 7.20. The second-order valence-corrected chi connectivity index (χ2v) is 8.32. The molecule has 0 unspecified atom stereocenters. The highest BCUT2D eigenvalue weighted by Gasteiger charge is 2.25. The third kappa shape index (κ3) is 4.46. The molecule has 0 saturated heterocycles. The molecule has 3 rings (SSSR count). The normalized spacial score (nSPS) is 20.2. The van der Waals surface area contributed by atoms with Crippen molar-refractivity contribution in [3.05, 3.63) is 28.6 Å². The molecule has 1 aliphatic rings. The van der Waals surface area contributed by atoms with Crippen LogP contribution in [0.1, 0.15) is 43.1 Å². The van der Waals surface area contributed by atoms with E-state index >= 15 is 0 Å². The van der Waals surface area contributed by atoms with Gasteiger partial charge in [-0.25, -0.2) is 9.78 Å². The third-order valence-electron chi connectivity index (χ3n) is 4.70. The van der Waals surface area contributed by atoms with Crippen molar-refractivity contribution in [1.29, 1.82) is 0 Å². The average Bonchev–Trinajstić information content (AvgIpc) is 3.30. The number of esters is 1. The van der Waals surface area contributed by atoms with Crippen LogP contribution in [-0.2, 0) is 9.53 Å². The Hall–Kier alpha value is -1.73. The first kappa shape index (κ1) is 18.1. The lowest BCUT2D eigenvalue weighted by atomic mass is 9.87. The van der Waals surface area contributed by atoms with E-state index in [1.807, 2.05) is 17.5 Å². The van der Waals surface area contributed by atoms with E-state index in [2.05, 4.69) is 11.9 Å². The third-order valence-corrected chi connectivity index (χ3v) is 6.58. The number of hydrogen-bond donors (Lipinski definition) is 0. The van der Waals surface area contributed by atoms with E-state index in [1.165, 1.54) is 11.3 Å². The van der Waals surface area contributed by atoms with E-state index in [4.69, 9.17) is 4.74 Å². The monoisotopic (exact) mass is 378 g/mol. The molecule has 7 heteroatoms. The van der Waals surface area contributed by atoms with Crippen molar-refractivity contribution >= 4 is 34.6 Å². The second kappa shape index (κ2) is 8.10. The molecule has 5 nitrogen and oxygen atoms in total. The molecule has 0 aliphatic heterocycles. The van der Waals surface area contributed by atoms with Gasteiger partial charge in [-0.15, -0.1) is 22.7 Å². The topological polar surface area (TPSA) is 59.5 Å². The summed E-state index contributed by atoms with van der Waals surface area (Å²) < 4.78 is 5.17. The molecule has 0 bridgehead atoms. The van der Waals surface area contributed by atoms with E-state index in [1.54, 1.807) is 28.7 Å². The standard InChI is InChI=1S/C18H22N2O3S2/c1-12-5-7-13(8-6-12)20(2)16(21)10-23-18(22)14-11-25-17(19-14)15-4-3-9-24-15/h3-4,9,11-13H,5-8,10H2,1-2H3. The van der Waals surface area contributed by atoms with Crippen molar-refractivity contribution < 1.29 is 14.3 Å². The van der Waals surface area contributed by atoms with Gasteiger partial charge in [0.25, 0.3) is 5.91 Å². The number of thiazole rings is 1. The summed E-state index contributed by atoms with van der Waals surface area (Å²) in [6, 6.07) is 4.16. The van der Waals surface area contributed by atoms with Crippen LogP contribution in [-0.4, -0.2) is 41.5 Å². The molecule has 1 amide bonds. The number of nitrogens with zero attached hydrogens (tertiary/aromatic N) is 2. The predicted octanol–water partition coefficient (Wildman–Crippen LogP) is 4.07. The summed E-state index contributed by atoms with van der Waals surface area (Å²) in [4.78, 5) is 31.5. The summed E-state index contributed by atoms with van der Waals surface area (Å²) in [5.41, 5.74) is 0.260.